The van der Waals surface area contributed by atoms with Gasteiger partial charge in [-0.05, 0) is 43.5 Å². The van der Waals surface area contributed by atoms with Crippen molar-refractivity contribution in [2.45, 2.75) is 31.3 Å². The molecular formula is C18H23ClN2O2. The van der Waals surface area contributed by atoms with Crippen LogP contribution in [0.25, 0.3) is 0 Å². The first-order valence-electron chi connectivity index (χ1n) is 8.26. The lowest BCUT2D eigenvalue weighted by Gasteiger charge is -2.34. The van der Waals surface area contributed by atoms with Crippen LogP contribution in [0.15, 0.2) is 36.4 Å². The van der Waals surface area contributed by atoms with Gasteiger partial charge in [0.2, 0.25) is 0 Å². The third kappa shape index (κ3) is 4.14. The lowest BCUT2D eigenvalue weighted by Crippen LogP contribution is -2.47. The van der Waals surface area contributed by atoms with Gasteiger partial charge in [-0.25, -0.2) is 0 Å². The van der Waals surface area contributed by atoms with Crippen LogP contribution in [0.3, 0.4) is 0 Å². The van der Waals surface area contributed by atoms with Crippen molar-refractivity contribution < 1.29 is 9.90 Å². The van der Waals surface area contributed by atoms with Crippen molar-refractivity contribution in [1.82, 2.24) is 10.2 Å². The number of hydrogen-bond donors (Lipinski definition) is 2. The van der Waals surface area contributed by atoms with E-state index in [4.69, 9.17) is 11.6 Å². The molecule has 1 amide bonds. The van der Waals surface area contributed by atoms with Crippen LogP contribution < -0.4 is 5.32 Å². The molecule has 0 bridgehead atoms. The summed E-state index contributed by atoms with van der Waals surface area (Å²) in [5.41, 5.74) is 0.699. The number of likely N-dealkylation sites (tertiary alicyclic amines) is 1. The molecule has 4 nitrogen and oxygen atoms in total. The maximum Gasteiger partial charge on any atom is 0.253 e. The number of rotatable bonds is 4. The molecule has 0 aromatic heterocycles. The van der Waals surface area contributed by atoms with Crippen molar-refractivity contribution in [1.29, 1.82) is 0 Å². The number of nitrogens with one attached hydrogen (secondary N) is 1. The minimum absolute atomic E-state index is 0.0845. The number of carbonyl (C=O) groups is 1. The summed E-state index contributed by atoms with van der Waals surface area (Å²) in [6.07, 6.45) is 7.16. The van der Waals surface area contributed by atoms with Gasteiger partial charge in [0, 0.05) is 48.3 Å². The summed E-state index contributed by atoms with van der Waals surface area (Å²) >= 11 is 5.87. The number of halogens is 1. The maximum absolute atomic E-state index is 12.5. The van der Waals surface area contributed by atoms with E-state index in [2.05, 4.69) is 17.5 Å². The summed E-state index contributed by atoms with van der Waals surface area (Å²) in [6, 6.07) is 7.88. The highest BCUT2D eigenvalue weighted by Gasteiger charge is 2.26. The smallest absolute Gasteiger partial charge is 0.253 e. The highest BCUT2D eigenvalue weighted by Crippen LogP contribution is 2.21. The Balaban J connectivity index is 1.48. The molecular weight excluding hydrogens is 312 g/mol. The van der Waals surface area contributed by atoms with Gasteiger partial charge in [-0.3, -0.25) is 4.79 Å². The molecule has 1 aromatic carbocycles. The average Bonchev–Trinajstić information content (AvgIpc) is 3.03. The molecule has 1 fully saturated rings. The number of benzene rings is 1. The van der Waals surface area contributed by atoms with Gasteiger partial charge in [0.1, 0.15) is 0 Å². The second-order valence-corrected chi connectivity index (χ2v) is 6.85. The van der Waals surface area contributed by atoms with Crippen molar-refractivity contribution in [2.24, 2.45) is 5.92 Å². The largest absolute Gasteiger partial charge is 0.396 e. The average molecular weight is 335 g/mol. The molecule has 1 aliphatic heterocycles. The second-order valence-electron chi connectivity index (χ2n) is 6.41. The van der Waals surface area contributed by atoms with E-state index in [9.17, 15) is 9.90 Å². The zero-order valence-electron chi connectivity index (χ0n) is 13.1. The molecule has 5 heteroatoms. The number of aliphatic hydroxyl groups excluding tert-OH is 1. The minimum atomic E-state index is 0.0845. The van der Waals surface area contributed by atoms with Crippen molar-refractivity contribution in [3.8, 4) is 0 Å². The van der Waals surface area contributed by atoms with Gasteiger partial charge in [-0.1, -0.05) is 23.8 Å². The SMILES string of the molecule is O=C(c1ccc(Cl)cc1)N1CCC(N[C@@H]2C=C[C@H](CO)C2)CC1. The molecule has 1 saturated heterocycles. The lowest BCUT2D eigenvalue weighted by molar-refractivity contribution is 0.0702. The molecule has 3 rings (SSSR count). The highest BCUT2D eigenvalue weighted by molar-refractivity contribution is 6.30. The molecule has 1 aromatic rings. The van der Waals surface area contributed by atoms with E-state index in [0.29, 0.717) is 28.6 Å². The topological polar surface area (TPSA) is 52.6 Å². The highest BCUT2D eigenvalue weighted by atomic mass is 35.5. The van der Waals surface area contributed by atoms with E-state index >= 15 is 0 Å². The molecule has 2 atom stereocenters. The van der Waals surface area contributed by atoms with E-state index in [1.807, 2.05) is 4.90 Å². The standard InChI is InChI=1S/C18H23ClN2O2/c19-15-4-2-14(3-5-15)18(23)21-9-7-16(8-10-21)20-17-6-1-13(11-17)12-22/h1-6,13,16-17,20,22H,7-12H2/t13-,17+/m0/s1. The molecule has 1 heterocycles. The zero-order valence-corrected chi connectivity index (χ0v) is 13.9. The second kappa shape index (κ2) is 7.47. The zero-order chi connectivity index (χ0) is 16.2. The van der Waals surface area contributed by atoms with Gasteiger partial charge in [0.25, 0.3) is 5.91 Å². The quantitative estimate of drug-likeness (QED) is 0.832. The molecule has 0 unspecified atom stereocenters. The summed E-state index contributed by atoms with van der Waals surface area (Å²) in [6.45, 7) is 1.78. The molecule has 124 valence electrons. The Kier molecular flexibility index (Phi) is 5.36. The van der Waals surface area contributed by atoms with Crippen LogP contribution in [0.4, 0.5) is 0 Å². The summed E-state index contributed by atoms with van der Waals surface area (Å²) < 4.78 is 0. The third-order valence-electron chi connectivity index (χ3n) is 4.73. The lowest BCUT2D eigenvalue weighted by atomic mass is 10.0. The molecule has 1 aliphatic carbocycles. The first kappa shape index (κ1) is 16.5. The van der Waals surface area contributed by atoms with E-state index in [0.717, 1.165) is 32.4 Å². The fraction of sp³-hybridized carbons (Fsp3) is 0.500. The first-order valence-corrected chi connectivity index (χ1v) is 8.63. The van der Waals surface area contributed by atoms with Gasteiger partial charge in [-0.2, -0.15) is 0 Å². The summed E-state index contributed by atoms with van der Waals surface area (Å²) in [4.78, 5) is 14.4. The molecule has 0 radical (unpaired) electrons. The van der Waals surface area contributed by atoms with Gasteiger partial charge in [0.15, 0.2) is 0 Å². The maximum atomic E-state index is 12.5. The fourth-order valence-electron chi connectivity index (χ4n) is 3.36. The predicted octanol–water partition coefficient (Wildman–Crippen LogP) is 2.47. The van der Waals surface area contributed by atoms with Crippen LogP contribution in [0.5, 0.6) is 0 Å². The molecule has 23 heavy (non-hydrogen) atoms. The van der Waals surface area contributed by atoms with E-state index < -0.39 is 0 Å². The molecule has 0 spiro atoms. The third-order valence-corrected chi connectivity index (χ3v) is 4.98. The van der Waals surface area contributed by atoms with Gasteiger partial charge >= 0.3 is 0 Å². The van der Waals surface area contributed by atoms with Crippen LogP contribution in [-0.4, -0.2) is 47.7 Å². The number of aliphatic hydroxyl groups is 1. The molecule has 2 aliphatic rings. The van der Waals surface area contributed by atoms with Crippen molar-refractivity contribution in [3.05, 3.63) is 47.0 Å². The van der Waals surface area contributed by atoms with Gasteiger partial charge < -0.3 is 15.3 Å². The summed E-state index contributed by atoms with van der Waals surface area (Å²) in [7, 11) is 0. The first-order chi connectivity index (χ1) is 11.2. The fourth-order valence-corrected chi connectivity index (χ4v) is 3.49. The Bertz CT molecular complexity index is 565. The number of carbonyl (C=O) groups excluding carboxylic acids is 1. The Morgan fingerprint density at radius 3 is 2.52 bits per heavy atom. The number of hydrogen-bond acceptors (Lipinski definition) is 3. The normalized spacial score (nSPS) is 25.0. The van der Waals surface area contributed by atoms with Crippen molar-refractivity contribution >= 4 is 17.5 Å². The number of piperidine rings is 1. The Hall–Kier alpha value is -1.36. The van der Waals surface area contributed by atoms with Crippen LogP contribution in [0.2, 0.25) is 5.02 Å². The van der Waals surface area contributed by atoms with Gasteiger partial charge in [0.05, 0.1) is 0 Å². The van der Waals surface area contributed by atoms with E-state index in [1.165, 1.54) is 0 Å². The van der Waals surface area contributed by atoms with Crippen molar-refractivity contribution in [3.63, 3.8) is 0 Å². The minimum Gasteiger partial charge on any atom is -0.396 e. The van der Waals surface area contributed by atoms with Gasteiger partial charge in [-0.15, -0.1) is 0 Å². The molecule has 0 saturated carbocycles. The van der Waals surface area contributed by atoms with Crippen LogP contribution in [-0.2, 0) is 0 Å². The monoisotopic (exact) mass is 334 g/mol. The summed E-state index contributed by atoms with van der Waals surface area (Å²) in [5, 5.41) is 13.5. The number of amides is 1. The van der Waals surface area contributed by atoms with Crippen LogP contribution in [0, 0.1) is 5.92 Å². The predicted molar refractivity (Wildman–Crippen MR) is 91.6 cm³/mol. The summed E-state index contributed by atoms with van der Waals surface area (Å²) in [5.74, 6) is 0.375. The number of nitrogens with zero attached hydrogens (tertiary/aromatic N) is 1. The Labute approximate surface area is 142 Å². The Morgan fingerprint density at radius 2 is 1.91 bits per heavy atom. The van der Waals surface area contributed by atoms with Crippen LogP contribution in [0.1, 0.15) is 29.6 Å². The van der Waals surface area contributed by atoms with Crippen molar-refractivity contribution in [2.75, 3.05) is 19.7 Å². The van der Waals surface area contributed by atoms with Crippen LogP contribution >= 0.6 is 11.6 Å². The molecule has 2 N–H and O–H groups in total. The Morgan fingerprint density at radius 1 is 1.22 bits per heavy atom. The van der Waals surface area contributed by atoms with E-state index in [-0.39, 0.29) is 12.5 Å². The van der Waals surface area contributed by atoms with E-state index in [1.54, 1.807) is 24.3 Å².